The summed E-state index contributed by atoms with van der Waals surface area (Å²) in [4.78, 5) is 13.5. The summed E-state index contributed by atoms with van der Waals surface area (Å²) in [6, 6.07) is 4.05. The Labute approximate surface area is 119 Å². The van der Waals surface area contributed by atoms with Crippen molar-refractivity contribution in [2.24, 2.45) is 16.8 Å². The van der Waals surface area contributed by atoms with E-state index in [2.05, 4.69) is 21.1 Å². The molecule has 1 aromatic rings. The van der Waals surface area contributed by atoms with Gasteiger partial charge in [-0.25, -0.2) is 4.39 Å². The van der Waals surface area contributed by atoms with E-state index >= 15 is 0 Å². The number of nitrogens with two attached hydrogens (primary N) is 1. The maximum atomic E-state index is 13.1. The Morgan fingerprint density at radius 1 is 1.63 bits per heavy atom. The number of benzene rings is 1. The summed E-state index contributed by atoms with van der Waals surface area (Å²) in [6.45, 7) is 2.03. The number of hydrogen-bond donors (Lipinski definition) is 2. The van der Waals surface area contributed by atoms with Crippen molar-refractivity contribution in [3.63, 3.8) is 0 Å². The Kier molecular flexibility index (Phi) is 5.29. The Balaban J connectivity index is 2.79. The fourth-order valence-electron chi connectivity index (χ4n) is 1.54. The highest BCUT2D eigenvalue weighted by Gasteiger charge is 2.17. The summed E-state index contributed by atoms with van der Waals surface area (Å²) in [5.41, 5.74) is 5.82. The number of hydrogen-bond acceptors (Lipinski definition) is 3. The second-order valence-corrected chi connectivity index (χ2v) is 5.09. The van der Waals surface area contributed by atoms with Crippen LogP contribution in [-0.2, 0) is 0 Å². The van der Waals surface area contributed by atoms with Crippen molar-refractivity contribution in [3.8, 4) is 0 Å². The molecule has 7 heteroatoms. The monoisotopic (exact) mass is 331 g/mol. The van der Waals surface area contributed by atoms with E-state index in [0.29, 0.717) is 12.1 Å². The minimum absolute atomic E-state index is 0.0555. The number of carbonyl (C=O) groups excluding carboxylic acids is 1. The van der Waals surface area contributed by atoms with E-state index in [9.17, 15) is 9.18 Å². The lowest BCUT2D eigenvalue weighted by Crippen LogP contribution is -2.36. The van der Waals surface area contributed by atoms with Gasteiger partial charge >= 0.3 is 0 Å². The molecule has 1 atom stereocenters. The van der Waals surface area contributed by atoms with Gasteiger partial charge in [-0.1, -0.05) is 12.1 Å². The lowest BCUT2D eigenvalue weighted by Gasteiger charge is -2.21. The van der Waals surface area contributed by atoms with Crippen molar-refractivity contribution in [2.75, 3.05) is 13.6 Å². The van der Waals surface area contributed by atoms with E-state index in [1.54, 1.807) is 14.0 Å². The van der Waals surface area contributed by atoms with E-state index in [0.717, 1.165) is 0 Å². The molecule has 0 aliphatic heterocycles. The van der Waals surface area contributed by atoms with Crippen LogP contribution in [0, 0.1) is 11.7 Å². The van der Waals surface area contributed by atoms with Crippen LogP contribution >= 0.6 is 15.9 Å². The summed E-state index contributed by atoms with van der Waals surface area (Å²) < 4.78 is 13.3. The first-order valence-electron chi connectivity index (χ1n) is 5.54. The largest absolute Gasteiger partial charge is 0.409 e. The molecule has 0 heterocycles. The molecule has 0 aromatic heterocycles. The van der Waals surface area contributed by atoms with Gasteiger partial charge in [-0.05, 0) is 34.1 Å². The summed E-state index contributed by atoms with van der Waals surface area (Å²) in [5, 5.41) is 11.5. The summed E-state index contributed by atoms with van der Waals surface area (Å²) in [5.74, 6) is -0.912. The molecule has 1 unspecified atom stereocenters. The Bertz CT molecular complexity index is 508. The van der Waals surface area contributed by atoms with E-state index in [-0.39, 0.29) is 22.1 Å². The van der Waals surface area contributed by atoms with Crippen LogP contribution in [0.3, 0.4) is 0 Å². The first-order valence-corrected chi connectivity index (χ1v) is 6.34. The summed E-state index contributed by atoms with van der Waals surface area (Å²) >= 11 is 3.03. The SMILES string of the molecule is CC(CN(C)C(=O)c1ccc(F)c(Br)c1)/C(N)=N/O. The van der Waals surface area contributed by atoms with Gasteiger partial charge < -0.3 is 15.8 Å². The number of oxime groups is 1. The number of halogens is 2. The molecule has 19 heavy (non-hydrogen) atoms. The average molecular weight is 332 g/mol. The second-order valence-electron chi connectivity index (χ2n) is 4.24. The lowest BCUT2D eigenvalue weighted by atomic mass is 10.1. The highest BCUT2D eigenvalue weighted by Crippen LogP contribution is 2.18. The van der Waals surface area contributed by atoms with Crippen LogP contribution in [0.5, 0.6) is 0 Å². The number of amides is 1. The van der Waals surface area contributed by atoms with Crippen molar-refractivity contribution < 1.29 is 14.4 Å². The number of amidine groups is 1. The van der Waals surface area contributed by atoms with E-state index < -0.39 is 5.82 Å². The Morgan fingerprint density at radius 3 is 2.79 bits per heavy atom. The highest BCUT2D eigenvalue weighted by atomic mass is 79.9. The quantitative estimate of drug-likeness (QED) is 0.383. The van der Waals surface area contributed by atoms with Crippen molar-refractivity contribution in [2.45, 2.75) is 6.92 Å². The average Bonchev–Trinajstić information content (AvgIpc) is 2.39. The fourth-order valence-corrected chi connectivity index (χ4v) is 1.91. The molecule has 0 saturated carbocycles. The third-order valence-electron chi connectivity index (χ3n) is 2.68. The Morgan fingerprint density at radius 2 is 2.26 bits per heavy atom. The molecule has 0 bridgehead atoms. The second kappa shape index (κ2) is 6.51. The minimum atomic E-state index is -0.427. The van der Waals surface area contributed by atoms with Crippen LogP contribution in [-0.4, -0.2) is 35.4 Å². The normalized spacial score (nSPS) is 13.2. The van der Waals surface area contributed by atoms with Gasteiger partial charge in [0.1, 0.15) is 11.7 Å². The molecule has 1 rings (SSSR count). The molecule has 0 fully saturated rings. The summed E-state index contributed by atoms with van der Waals surface area (Å²) in [7, 11) is 1.60. The zero-order valence-electron chi connectivity index (χ0n) is 10.6. The predicted molar refractivity (Wildman–Crippen MR) is 73.6 cm³/mol. The van der Waals surface area contributed by atoms with Crippen LogP contribution in [0.4, 0.5) is 4.39 Å². The number of rotatable bonds is 4. The third kappa shape index (κ3) is 3.92. The van der Waals surface area contributed by atoms with E-state index in [1.165, 1.54) is 23.1 Å². The molecule has 0 radical (unpaired) electrons. The van der Waals surface area contributed by atoms with E-state index in [4.69, 9.17) is 10.9 Å². The van der Waals surface area contributed by atoms with Crippen LogP contribution in [0.15, 0.2) is 27.8 Å². The van der Waals surface area contributed by atoms with Gasteiger partial charge in [0.05, 0.1) is 4.47 Å². The molecule has 0 aliphatic rings. The van der Waals surface area contributed by atoms with Crippen molar-refractivity contribution in [1.29, 1.82) is 0 Å². The van der Waals surface area contributed by atoms with Crippen molar-refractivity contribution in [3.05, 3.63) is 34.1 Å². The topological polar surface area (TPSA) is 78.9 Å². The molecule has 0 saturated heterocycles. The summed E-state index contributed by atoms with van der Waals surface area (Å²) in [6.07, 6.45) is 0. The lowest BCUT2D eigenvalue weighted by molar-refractivity contribution is 0.0786. The molecular formula is C12H15BrFN3O2. The maximum absolute atomic E-state index is 13.1. The van der Waals surface area contributed by atoms with Gasteiger partial charge in [-0.15, -0.1) is 0 Å². The van der Waals surface area contributed by atoms with Gasteiger partial charge in [0.15, 0.2) is 0 Å². The van der Waals surface area contributed by atoms with Crippen molar-refractivity contribution in [1.82, 2.24) is 4.90 Å². The number of carbonyl (C=O) groups is 1. The maximum Gasteiger partial charge on any atom is 0.253 e. The smallest absolute Gasteiger partial charge is 0.253 e. The van der Waals surface area contributed by atoms with Crippen molar-refractivity contribution >= 4 is 27.7 Å². The molecule has 1 aromatic carbocycles. The zero-order valence-corrected chi connectivity index (χ0v) is 12.2. The fraction of sp³-hybridized carbons (Fsp3) is 0.333. The molecule has 1 amide bonds. The first-order chi connectivity index (χ1) is 8.86. The molecular weight excluding hydrogens is 317 g/mol. The molecule has 5 nitrogen and oxygen atoms in total. The molecule has 3 N–H and O–H groups in total. The Hall–Kier alpha value is -1.63. The molecule has 0 spiro atoms. The van der Waals surface area contributed by atoms with Gasteiger partial charge in [0.2, 0.25) is 0 Å². The van der Waals surface area contributed by atoms with Gasteiger partial charge in [0.25, 0.3) is 5.91 Å². The molecule has 104 valence electrons. The van der Waals surface area contributed by atoms with Crippen LogP contribution < -0.4 is 5.73 Å². The minimum Gasteiger partial charge on any atom is -0.409 e. The third-order valence-corrected chi connectivity index (χ3v) is 3.29. The van der Waals surface area contributed by atoms with Gasteiger partial charge in [-0.2, -0.15) is 0 Å². The van der Waals surface area contributed by atoms with Gasteiger partial charge in [0, 0.05) is 25.1 Å². The zero-order chi connectivity index (χ0) is 14.6. The van der Waals surface area contributed by atoms with Crippen LogP contribution in [0.1, 0.15) is 17.3 Å². The predicted octanol–water partition coefficient (Wildman–Crippen LogP) is 2.04. The van der Waals surface area contributed by atoms with Gasteiger partial charge in [-0.3, -0.25) is 4.79 Å². The molecule has 0 aliphatic carbocycles. The first kappa shape index (κ1) is 15.4. The number of nitrogens with zero attached hydrogens (tertiary/aromatic N) is 2. The standard InChI is InChI=1S/C12H15BrFN3O2/c1-7(11(15)16-19)6-17(2)12(18)8-3-4-10(14)9(13)5-8/h3-5,7,19H,6H2,1-2H3,(H2,15,16). The van der Waals surface area contributed by atoms with E-state index in [1.807, 2.05) is 0 Å². The highest BCUT2D eigenvalue weighted by molar-refractivity contribution is 9.10. The van der Waals surface area contributed by atoms with Crippen LogP contribution in [0.2, 0.25) is 0 Å². The van der Waals surface area contributed by atoms with Crippen LogP contribution in [0.25, 0.3) is 0 Å².